The van der Waals surface area contributed by atoms with E-state index in [1.54, 1.807) is 6.07 Å². The lowest BCUT2D eigenvalue weighted by molar-refractivity contribution is -0.134. The molecule has 33 heavy (non-hydrogen) atoms. The summed E-state index contributed by atoms with van der Waals surface area (Å²) in [6, 6.07) is 5.01. The molecular formula is C24H22F6NPS. The van der Waals surface area contributed by atoms with E-state index in [9.17, 15) is 26.3 Å². The molecule has 1 heterocycles. The fourth-order valence-corrected chi connectivity index (χ4v) is 4.72. The topological polar surface area (TPSA) is 12.9 Å². The molecule has 0 aliphatic heterocycles. The molecule has 1 unspecified atom stereocenters. The fraction of sp³-hybridized carbons (Fsp3) is 0.292. The lowest BCUT2D eigenvalue weighted by atomic mass is 9.95. The van der Waals surface area contributed by atoms with E-state index in [2.05, 4.69) is 20.2 Å². The van der Waals surface area contributed by atoms with Gasteiger partial charge in [-0.3, -0.25) is 0 Å². The summed E-state index contributed by atoms with van der Waals surface area (Å²) in [7, 11) is 2.13. The quantitative estimate of drug-likeness (QED) is 0.187. The second-order valence-corrected chi connectivity index (χ2v) is 9.46. The Bertz CT molecular complexity index is 1180. The predicted octanol–water partition coefficient (Wildman–Crippen LogP) is 7.35. The molecule has 0 saturated carbocycles. The Morgan fingerprint density at radius 2 is 1.61 bits per heavy atom. The minimum absolute atomic E-state index is 0.0765. The average Bonchev–Trinajstić information content (AvgIpc) is 3.10. The van der Waals surface area contributed by atoms with Crippen LogP contribution < -0.4 is 5.30 Å². The number of aromatic nitrogens is 1. The molecule has 1 nitrogen and oxygen atoms in total. The van der Waals surface area contributed by atoms with Crippen molar-refractivity contribution in [2.75, 3.05) is 0 Å². The van der Waals surface area contributed by atoms with Gasteiger partial charge < -0.3 is 0 Å². The van der Waals surface area contributed by atoms with Crippen LogP contribution in [0.1, 0.15) is 40.5 Å². The zero-order chi connectivity index (χ0) is 24.5. The molecule has 0 aliphatic rings. The summed E-state index contributed by atoms with van der Waals surface area (Å²) in [6.07, 6.45) is -3.79. The molecule has 0 radical (unpaired) electrons. The van der Waals surface area contributed by atoms with E-state index in [1.807, 2.05) is 13.8 Å². The molecular weight excluding hydrogens is 479 g/mol. The van der Waals surface area contributed by atoms with Gasteiger partial charge in [0.2, 0.25) is 0 Å². The predicted molar refractivity (Wildman–Crippen MR) is 123 cm³/mol. The third-order valence-electron chi connectivity index (χ3n) is 5.32. The van der Waals surface area contributed by atoms with Crippen LogP contribution in [0.2, 0.25) is 0 Å². The van der Waals surface area contributed by atoms with Gasteiger partial charge in [-0.05, 0) is 91.3 Å². The number of rotatable bonds is 7. The summed E-state index contributed by atoms with van der Waals surface area (Å²) in [4.78, 5) is -1.04. The second kappa shape index (κ2) is 9.98. The van der Waals surface area contributed by atoms with Crippen molar-refractivity contribution < 1.29 is 26.3 Å². The molecule has 0 spiro atoms. The Hall–Kier alpha value is -2.18. The number of benzene rings is 2. The zero-order valence-corrected chi connectivity index (χ0v) is 20.0. The Kier molecular flexibility index (Phi) is 7.69. The normalized spacial score (nSPS) is 11.8. The summed E-state index contributed by atoms with van der Waals surface area (Å²) < 4.78 is 88.3. The Balaban J connectivity index is 1.98. The van der Waals surface area contributed by atoms with Crippen LogP contribution in [0.15, 0.2) is 36.4 Å². The van der Waals surface area contributed by atoms with Crippen molar-refractivity contribution in [3.05, 3.63) is 81.0 Å². The maximum atomic E-state index is 14.7. The molecule has 0 aliphatic carbocycles. The molecule has 0 bridgehead atoms. The van der Waals surface area contributed by atoms with Gasteiger partial charge in [0.25, 0.3) is 0 Å². The summed E-state index contributed by atoms with van der Waals surface area (Å²) in [5.41, 5.74) is 1.46. The van der Waals surface area contributed by atoms with Crippen molar-refractivity contribution in [2.24, 2.45) is 0 Å². The molecule has 3 rings (SSSR count). The van der Waals surface area contributed by atoms with E-state index in [1.165, 1.54) is 6.07 Å². The minimum atomic E-state index is -4.75. The van der Waals surface area contributed by atoms with Crippen LogP contribution in [0, 0.1) is 24.4 Å². The first-order valence-corrected chi connectivity index (χ1v) is 11.5. The summed E-state index contributed by atoms with van der Waals surface area (Å²) in [5.74, 6) is -2.55. The monoisotopic (exact) mass is 501 g/mol. The van der Waals surface area contributed by atoms with Crippen LogP contribution in [0.5, 0.6) is 0 Å². The SMILES string of the molecule is C=C(C)CCc1cc(F)c(CCc2c(-c3c(F)cc(P)cc3F)nsc2C(F)(F)F)cc1C. The first-order valence-electron chi connectivity index (χ1n) is 10.1. The average molecular weight is 501 g/mol. The molecule has 1 aromatic heterocycles. The van der Waals surface area contributed by atoms with Crippen LogP contribution in [0.4, 0.5) is 26.3 Å². The van der Waals surface area contributed by atoms with E-state index >= 15 is 0 Å². The molecule has 0 N–H and O–H groups in total. The molecule has 0 amide bonds. The number of allylic oxidation sites excluding steroid dienone is 1. The molecule has 9 heteroatoms. The molecule has 1 atom stereocenters. The highest BCUT2D eigenvalue weighted by Crippen LogP contribution is 2.41. The van der Waals surface area contributed by atoms with E-state index in [0.717, 1.165) is 28.8 Å². The van der Waals surface area contributed by atoms with Gasteiger partial charge in [-0.2, -0.15) is 17.5 Å². The highest BCUT2D eigenvalue weighted by molar-refractivity contribution is 7.27. The number of halogens is 6. The van der Waals surface area contributed by atoms with Crippen LogP contribution in [0.25, 0.3) is 11.3 Å². The Labute approximate surface area is 194 Å². The molecule has 176 valence electrons. The summed E-state index contributed by atoms with van der Waals surface area (Å²) >= 11 is 0.138. The number of hydrogen-bond acceptors (Lipinski definition) is 2. The number of hydrogen-bond donors (Lipinski definition) is 0. The van der Waals surface area contributed by atoms with Crippen molar-refractivity contribution in [1.82, 2.24) is 4.37 Å². The van der Waals surface area contributed by atoms with Crippen LogP contribution >= 0.6 is 20.8 Å². The maximum Gasteiger partial charge on any atom is 0.427 e. The zero-order valence-electron chi connectivity index (χ0n) is 18.0. The van der Waals surface area contributed by atoms with Crippen molar-refractivity contribution in [3.8, 4) is 11.3 Å². The fourth-order valence-electron chi connectivity index (χ4n) is 3.63. The van der Waals surface area contributed by atoms with E-state index < -0.39 is 39.8 Å². The smallest absolute Gasteiger partial charge is 0.207 e. The maximum absolute atomic E-state index is 14.7. The highest BCUT2D eigenvalue weighted by Gasteiger charge is 2.38. The van der Waals surface area contributed by atoms with Crippen molar-refractivity contribution in [3.63, 3.8) is 0 Å². The van der Waals surface area contributed by atoms with Gasteiger partial charge in [0.1, 0.15) is 22.3 Å². The first-order chi connectivity index (χ1) is 15.4. The largest absolute Gasteiger partial charge is 0.427 e. The van der Waals surface area contributed by atoms with Crippen molar-refractivity contribution >= 4 is 26.1 Å². The van der Waals surface area contributed by atoms with Crippen LogP contribution in [-0.4, -0.2) is 4.37 Å². The van der Waals surface area contributed by atoms with Gasteiger partial charge in [0, 0.05) is 5.56 Å². The lowest BCUT2D eigenvalue weighted by Gasteiger charge is -2.13. The van der Waals surface area contributed by atoms with E-state index in [-0.39, 0.29) is 40.8 Å². The summed E-state index contributed by atoms with van der Waals surface area (Å²) in [6.45, 7) is 7.52. The third-order valence-corrected chi connectivity index (χ3v) is 6.58. The second-order valence-electron chi connectivity index (χ2n) is 8.02. The molecule has 3 aromatic rings. The van der Waals surface area contributed by atoms with Gasteiger partial charge >= 0.3 is 6.18 Å². The number of aryl methyl sites for hydroxylation is 3. The third kappa shape index (κ3) is 5.85. The van der Waals surface area contributed by atoms with Crippen molar-refractivity contribution in [1.29, 1.82) is 0 Å². The first kappa shape index (κ1) is 25.4. The Morgan fingerprint density at radius 3 is 2.18 bits per heavy atom. The van der Waals surface area contributed by atoms with Crippen LogP contribution in [-0.2, 0) is 25.4 Å². The minimum Gasteiger partial charge on any atom is -0.207 e. The summed E-state index contributed by atoms with van der Waals surface area (Å²) in [5, 5.41) is 0.214. The number of alkyl halides is 3. The van der Waals surface area contributed by atoms with E-state index in [0.29, 0.717) is 12.8 Å². The van der Waals surface area contributed by atoms with Gasteiger partial charge in [-0.25, -0.2) is 13.2 Å². The van der Waals surface area contributed by atoms with E-state index in [4.69, 9.17) is 0 Å². The Morgan fingerprint density at radius 1 is 0.970 bits per heavy atom. The lowest BCUT2D eigenvalue weighted by Crippen LogP contribution is -2.09. The van der Waals surface area contributed by atoms with Crippen LogP contribution in [0.3, 0.4) is 0 Å². The standard InChI is InChI=1S/C24H22F6NPS/c1-12(2)4-5-14-9-18(25)15(8-13(14)3)6-7-17-22(31-33-23(17)24(28,29)30)21-19(26)10-16(32)11-20(21)27/h8-11H,1,4-7,32H2,2-3H3. The molecule has 2 aromatic carbocycles. The van der Waals surface area contributed by atoms with Gasteiger partial charge in [-0.15, -0.1) is 15.8 Å². The number of nitrogens with zero attached hydrogens (tertiary/aromatic N) is 1. The highest BCUT2D eigenvalue weighted by atomic mass is 32.1. The van der Waals surface area contributed by atoms with Gasteiger partial charge in [0.05, 0.1) is 11.3 Å². The van der Waals surface area contributed by atoms with Gasteiger partial charge in [-0.1, -0.05) is 11.6 Å². The van der Waals surface area contributed by atoms with Gasteiger partial charge in [0.15, 0.2) is 0 Å². The molecule has 0 saturated heterocycles. The van der Waals surface area contributed by atoms with Crippen molar-refractivity contribution in [2.45, 2.75) is 45.7 Å². The molecule has 0 fully saturated rings.